The summed E-state index contributed by atoms with van der Waals surface area (Å²) in [5.74, 6) is 0.560. The van der Waals surface area contributed by atoms with E-state index in [0.29, 0.717) is 58.7 Å². The Kier molecular flexibility index (Phi) is 7.02. The number of methoxy groups -OCH3 is 1. The number of nitrogens with zero attached hydrogens (tertiary/aromatic N) is 2. The lowest BCUT2D eigenvalue weighted by Crippen LogP contribution is -2.51. The number of likely N-dealkylation sites (N-methyl/N-ethyl adjacent to an activating group) is 1. The van der Waals surface area contributed by atoms with Gasteiger partial charge >= 0.3 is 0 Å². The molecule has 2 heterocycles. The fraction of sp³-hybridized carbons (Fsp3) is 0.500. The standard InChI is InChI=1S/C26H33FN2O4/c1-28(17-20-3-7-22(27)8-4-20)18-25(31)11-14-29(19-25)24(30)26(12-15-33-16-13-26)21-5-9-23(32-2)10-6-21/h3-10,31H,11-19H2,1-2H3. The minimum atomic E-state index is -0.975. The van der Waals surface area contributed by atoms with Crippen LogP contribution >= 0.6 is 0 Å². The van der Waals surface area contributed by atoms with Crippen LogP contribution in [0.15, 0.2) is 48.5 Å². The van der Waals surface area contributed by atoms with Crippen LogP contribution in [0.1, 0.15) is 30.4 Å². The molecule has 178 valence electrons. The normalized spacial score (nSPS) is 22.5. The highest BCUT2D eigenvalue weighted by Gasteiger charge is 2.48. The van der Waals surface area contributed by atoms with Crippen molar-refractivity contribution in [3.05, 3.63) is 65.5 Å². The molecule has 0 saturated carbocycles. The Bertz CT molecular complexity index is 944. The smallest absolute Gasteiger partial charge is 0.233 e. The maximum atomic E-state index is 13.9. The minimum absolute atomic E-state index is 0.0630. The van der Waals surface area contributed by atoms with Crippen molar-refractivity contribution in [1.82, 2.24) is 9.80 Å². The van der Waals surface area contributed by atoms with Gasteiger partial charge in [0.25, 0.3) is 0 Å². The molecule has 4 rings (SSSR count). The Labute approximate surface area is 194 Å². The molecule has 2 aliphatic rings. The van der Waals surface area contributed by atoms with Gasteiger partial charge in [0.1, 0.15) is 11.6 Å². The lowest BCUT2D eigenvalue weighted by Gasteiger charge is -2.39. The lowest BCUT2D eigenvalue weighted by atomic mass is 9.73. The SMILES string of the molecule is COc1ccc(C2(C(=O)N3CCC(O)(CN(C)Cc4ccc(F)cc4)C3)CCOCC2)cc1. The second-order valence-corrected chi connectivity index (χ2v) is 9.42. The molecule has 2 aliphatic heterocycles. The third-order valence-corrected chi connectivity index (χ3v) is 6.95. The molecule has 0 aromatic heterocycles. The predicted molar refractivity (Wildman–Crippen MR) is 124 cm³/mol. The third kappa shape index (κ3) is 5.21. The van der Waals surface area contributed by atoms with Crippen molar-refractivity contribution in [1.29, 1.82) is 0 Å². The Balaban J connectivity index is 1.45. The van der Waals surface area contributed by atoms with Gasteiger partial charge in [0.2, 0.25) is 5.91 Å². The Morgan fingerprint density at radius 3 is 2.42 bits per heavy atom. The van der Waals surface area contributed by atoms with Gasteiger partial charge in [-0.2, -0.15) is 0 Å². The minimum Gasteiger partial charge on any atom is -0.497 e. The molecule has 0 radical (unpaired) electrons. The summed E-state index contributed by atoms with van der Waals surface area (Å²) in [7, 11) is 3.56. The Morgan fingerprint density at radius 2 is 1.79 bits per heavy atom. The molecule has 0 spiro atoms. The zero-order valence-electron chi connectivity index (χ0n) is 19.4. The third-order valence-electron chi connectivity index (χ3n) is 6.95. The molecule has 7 heteroatoms. The number of halogens is 1. The molecular formula is C26H33FN2O4. The zero-order valence-corrected chi connectivity index (χ0v) is 19.4. The maximum absolute atomic E-state index is 13.9. The Morgan fingerprint density at radius 1 is 1.12 bits per heavy atom. The average molecular weight is 457 g/mol. The van der Waals surface area contributed by atoms with Gasteiger partial charge < -0.3 is 19.5 Å². The van der Waals surface area contributed by atoms with Gasteiger partial charge in [-0.15, -0.1) is 0 Å². The molecule has 2 aromatic rings. The van der Waals surface area contributed by atoms with Crippen LogP contribution in [0, 0.1) is 5.82 Å². The van der Waals surface area contributed by atoms with Crippen LogP contribution < -0.4 is 4.74 Å². The number of carbonyl (C=O) groups is 1. The molecule has 6 nitrogen and oxygen atoms in total. The summed E-state index contributed by atoms with van der Waals surface area (Å²) in [6.45, 7) is 2.94. The zero-order chi connectivity index (χ0) is 23.5. The molecule has 0 aliphatic carbocycles. The average Bonchev–Trinajstić information content (AvgIpc) is 3.21. The first kappa shape index (κ1) is 23.7. The number of hydrogen-bond donors (Lipinski definition) is 1. The van der Waals surface area contributed by atoms with Crippen LogP contribution in [0.5, 0.6) is 5.75 Å². The largest absolute Gasteiger partial charge is 0.497 e. The summed E-state index contributed by atoms with van der Waals surface area (Å²) in [4.78, 5) is 17.7. The second kappa shape index (κ2) is 9.79. The van der Waals surface area contributed by atoms with Gasteiger partial charge in [0, 0.05) is 32.8 Å². The molecule has 1 N–H and O–H groups in total. The van der Waals surface area contributed by atoms with Crippen molar-refractivity contribution >= 4 is 5.91 Å². The maximum Gasteiger partial charge on any atom is 0.233 e. The van der Waals surface area contributed by atoms with E-state index >= 15 is 0 Å². The molecule has 2 fully saturated rings. The van der Waals surface area contributed by atoms with E-state index in [9.17, 15) is 14.3 Å². The van der Waals surface area contributed by atoms with Crippen LogP contribution in [-0.4, -0.2) is 73.4 Å². The van der Waals surface area contributed by atoms with E-state index in [1.807, 2.05) is 41.1 Å². The first-order chi connectivity index (χ1) is 15.8. The number of β-amino-alcohol motifs (C(OH)–C–C–N with tert-alkyl or cyclic N) is 1. The number of ether oxygens (including phenoxy) is 2. The van der Waals surface area contributed by atoms with E-state index < -0.39 is 11.0 Å². The van der Waals surface area contributed by atoms with Crippen LogP contribution in [-0.2, 0) is 21.5 Å². The van der Waals surface area contributed by atoms with Crippen molar-refractivity contribution in [3.63, 3.8) is 0 Å². The van der Waals surface area contributed by atoms with E-state index in [1.165, 1.54) is 12.1 Å². The number of aliphatic hydroxyl groups is 1. The van der Waals surface area contributed by atoms with Gasteiger partial charge in [0.05, 0.1) is 24.7 Å². The number of benzene rings is 2. The van der Waals surface area contributed by atoms with Gasteiger partial charge in [-0.1, -0.05) is 24.3 Å². The molecule has 1 amide bonds. The molecule has 1 unspecified atom stereocenters. The molecule has 2 saturated heterocycles. The number of hydrogen-bond acceptors (Lipinski definition) is 5. The van der Waals surface area contributed by atoms with Crippen molar-refractivity contribution in [2.75, 3.05) is 47.0 Å². The van der Waals surface area contributed by atoms with Crippen LogP contribution in [0.3, 0.4) is 0 Å². The summed E-state index contributed by atoms with van der Waals surface area (Å²) in [6, 6.07) is 14.1. The van der Waals surface area contributed by atoms with E-state index in [-0.39, 0.29) is 11.7 Å². The first-order valence-corrected chi connectivity index (χ1v) is 11.5. The highest BCUT2D eigenvalue weighted by molar-refractivity contribution is 5.89. The number of carbonyl (C=O) groups excluding carboxylic acids is 1. The van der Waals surface area contributed by atoms with Crippen molar-refractivity contribution in [3.8, 4) is 5.75 Å². The first-order valence-electron chi connectivity index (χ1n) is 11.5. The topological polar surface area (TPSA) is 62.2 Å². The van der Waals surface area contributed by atoms with Crippen molar-refractivity contribution in [2.45, 2.75) is 36.8 Å². The van der Waals surface area contributed by atoms with E-state index in [2.05, 4.69) is 0 Å². The highest BCUT2D eigenvalue weighted by atomic mass is 19.1. The summed E-state index contributed by atoms with van der Waals surface area (Å²) in [5, 5.41) is 11.3. The lowest BCUT2D eigenvalue weighted by molar-refractivity contribution is -0.141. The second-order valence-electron chi connectivity index (χ2n) is 9.42. The molecule has 2 aromatic carbocycles. The van der Waals surface area contributed by atoms with E-state index in [1.54, 1.807) is 19.2 Å². The molecule has 0 bridgehead atoms. The fourth-order valence-corrected chi connectivity index (χ4v) is 5.18. The number of rotatable bonds is 7. The van der Waals surface area contributed by atoms with E-state index in [4.69, 9.17) is 9.47 Å². The fourth-order valence-electron chi connectivity index (χ4n) is 5.18. The summed E-state index contributed by atoms with van der Waals surface area (Å²) < 4.78 is 24.0. The molecular weight excluding hydrogens is 423 g/mol. The van der Waals surface area contributed by atoms with Crippen LogP contribution in [0.2, 0.25) is 0 Å². The molecule has 33 heavy (non-hydrogen) atoms. The summed E-state index contributed by atoms with van der Waals surface area (Å²) in [6.07, 6.45) is 1.77. The highest BCUT2D eigenvalue weighted by Crippen LogP contribution is 2.39. The quantitative estimate of drug-likeness (QED) is 0.694. The van der Waals surface area contributed by atoms with Gasteiger partial charge in [0.15, 0.2) is 0 Å². The van der Waals surface area contributed by atoms with Crippen molar-refractivity contribution < 1.29 is 23.8 Å². The number of likely N-dealkylation sites (tertiary alicyclic amines) is 1. The summed E-state index contributed by atoms with van der Waals surface area (Å²) in [5.41, 5.74) is 0.335. The van der Waals surface area contributed by atoms with E-state index in [0.717, 1.165) is 16.9 Å². The van der Waals surface area contributed by atoms with Gasteiger partial charge in [-0.05, 0) is 61.7 Å². The van der Waals surface area contributed by atoms with Gasteiger partial charge in [-0.3, -0.25) is 9.69 Å². The Hall–Kier alpha value is -2.48. The van der Waals surface area contributed by atoms with Crippen LogP contribution in [0.25, 0.3) is 0 Å². The molecule has 1 atom stereocenters. The number of amides is 1. The predicted octanol–water partition coefficient (Wildman–Crippen LogP) is 2.98. The monoisotopic (exact) mass is 456 g/mol. The van der Waals surface area contributed by atoms with Gasteiger partial charge in [-0.25, -0.2) is 4.39 Å². The summed E-state index contributed by atoms with van der Waals surface area (Å²) >= 11 is 0. The van der Waals surface area contributed by atoms with Crippen molar-refractivity contribution in [2.24, 2.45) is 0 Å². The van der Waals surface area contributed by atoms with Crippen LogP contribution in [0.4, 0.5) is 4.39 Å².